The molecule has 0 radical (unpaired) electrons. The molecule has 2 aliphatic rings. The van der Waals surface area contributed by atoms with E-state index in [0.29, 0.717) is 6.61 Å². The van der Waals surface area contributed by atoms with Crippen LogP contribution in [0.1, 0.15) is 25.0 Å². The van der Waals surface area contributed by atoms with Crippen LogP contribution in [0.3, 0.4) is 0 Å². The van der Waals surface area contributed by atoms with Crippen molar-refractivity contribution in [3.8, 4) is 11.5 Å². The Morgan fingerprint density at radius 3 is 2.82 bits per heavy atom. The Morgan fingerprint density at radius 2 is 2.00 bits per heavy atom. The second kappa shape index (κ2) is 7.56. The zero-order valence-corrected chi connectivity index (χ0v) is 16.9. The highest BCUT2D eigenvalue weighted by Crippen LogP contribution is 2.41. The Hall–Kier alpha value is -2.38. The van der Waals surface area contributed by atoms with Crippen molar-refractivity contribution in [1.29, 1.82) is 0 Å². The maximum Gasteiger partial charge on any atom is 0.162 e. The van der Waals surface area contributed by atoms with Crippen LogP contribution in [-0.4, -0.2) is 49.3 Å². The number of rotatable bonds is 4. The summed E-state index contributed by atoms with van der Waals surface area (Å²) in [6.45, 7) is 8.40. The lowest BCUT2D eigenvalue weighted by molar-refractivity contribution is -0.900. The summed E-state index contributed by atoms with van der Waals surface area (Å²) in [5.41, 5.74) is 1.13. The predicted molar refractivity (Wildman–Crippen MR) is 111 cm³/mol. The van der Waals surface area contributed by atoms with E-state index >= 15 is 0 Å². The highest BCUT2D eigenvalue weighted by molar-refractivity contribution is 7.17. The van der Waals surface area contributed by atoms with Gasteiger partial charge in [-0.2, -0.15) is 0 Å². The maximum absolute atomic E-state index is 6.28. The van der Waals surface area contributed by atoms with Crippen LogP contribution in [0.25, 0.3) is 10.2 Å². The summed E-state index contributed by atoms with van der Waals surface area (Å²) in [6, 6.07) is 7.85. The van der Waals surface area contributed by atoms with Crippen LogP contribution >= 0.6 is 11.3 Å². The molecule has 6 nitrogen and oxygen atoms in total. The average Bonchev–Trinajstić information content (AvgIpc) is 3.19. The van der Waals surface area contributed by atoms with Crippen molar-refractivity contribution in [2.24, 2.45) is 0 Å². The van der Waals surface area contributed by atoms with Gasteiger partial charge < -0.3 is 19.3 Å². The molecule has 0 amide bonds. The normalized spacial score (nSPS) is 19.9. The number of fused-ring (bicyclic) bond motifs is 2. The number of nitrogens with zero attached hydrogens (tertiary/aromatic N) is 3. The number of thiophene rings is 1. The van der Waals surface area contributed by atoms with Crippen molar-refractivity contribution in [3.63, 3.8) is 0 Å². The van der Waals surface area contributed by atoms with Gasteiger partial charge in [-0.3, -0.25) is 0 Å². The molecule has 0 aliphatic carbocycles. The lowest BCUT2D eigenvalue weighted by Gasteiger charge is -2.33. The third-order valence-corrected chi connectivity index (χ3v) is 6.51. The highest BCUT2D eigenvalue weighted by Gasteiger charge is 2.29. The minimum absolute atomic E-state index is 0.139. The Labute approximate surface area is 168 Å². The van der Waals surface area contributed by atoms with Gasteiger partial charge in [-0.25, -0.2) is 9.97 Å². The van der Waals surface area contributed by atoms with Gasteiger partial charge in [0.25, 0.3) is 0 Å². The third kappa shape index (κ3) is 3.18. The fourth-order valence-corrected chi connectivity index (χ4v) is 5.11. The number of ether oxygens (including phenoxy) is 2. The summed E-state index contributed by atoms with van der Waals surface area (Å²) in [6.07, 6.45) is 2.79. The van der Waals surface area contributed by atoms with Gasteiger partial charge in [0.15, 0.2) is 17.6 Å². The first kappa shape index (κ1) is 17.7. The number of piperazine rings is 1. The number of quaternary nitrogens is 1. The average molecular weight is 398 g/mol. The molecule has 146 valence electrons. The van der Waals surface area contributed by atoms with Gasteiger partial charge in [-0.05, 0) is 18.6 Å². The van der Waals surface area contributed by atoms with Crippen molar-refractivity contribution in [3.05, 3.63) is 41.5 Å². The molecule has 0 unspecified atom stereocenters. The molecule has 0 saturated carbocycles. The minimum atomic E-state index is -0.139. The second-order valence-corrected chi connectivity index (χ2v) is 8.28. The molecule has 1 saturated heterocycles. The van der Waals surface area contributed by atoms with Crippen molar-refractivity contribution < 1.29 is 14.4 Å². The zero-order chi connectivity index (χ0) is 18.9. The van der Waals surface area contributed by atoms with E-state index in [2.05, 4.69) is 27.2 Å². The van der Waals surface area contributed by atoms with Gasteiger partial charge in [0.05, 0.1) is 38.1 Å². The molecule has 4 heterocycles. The van der Waals surface area contributed by atoms with E-state index in [1.165, 1.54) is 13.0 Å². The quantitative estimate of drug-likeness (QED) is 0.732. The number of para-hydroxylation sites is 2. The van der Waals surface area contributed by atoms with Gasteiger partial charge >= 0.3 is 0 Å². The summed E-state index contributed by atoms with van der Waals surface area (Å²) in [5, 5.41) is 3.28. The molecule has 7 heteroatoms. The molecule has 1 N–H and O–H groups in total. The topological polar surface area (TPSA) is 51.9 Å². The van der Waals surface area contributed by atoms with Crippen LogP contribution in [0, 0.1) is 0 Å². The Kier molecular flexibility index (Phi) is 4.78. The molecular weight excluding hydrogens is 372 g/mol. The molecule has 0 bridgehead atoms. The largest absolute Gasteiger partial charge is 0.485 e. The van der Waals surface area contributed by atoms with Gasteiger partial charge in [0.1, 0.15) is 23.6 Å². The predicted octanol–water partition coefficient (Wildman–Crippen LogP) is 2.32. The standard InChI is InChI=1S/C21H24N4O2S/c1-2-7-24-8-10-25(11-9-24)20-19-15(13-28-21(19)23-14-22-20)18-12-26-16-5-3-4-6-17(16)27-18/h3-6,13-14,18H,2,7-12H2,1H3/p+1/t18-/m0/s1. The van der Waals surface area contributed by atoms with Gasteiger partial charge in [-0.1, -0.05) is 19.1 Å². The molecule has 1 fully saturated rings. The van der Waals surface area contributed by atoms with Crippen LogP contribution < -0.4 is 19.3 Å². The van der Waals surface area contributed by atoms with Crippen LogP contribution in [0.15, 0.2) is 36.0 Å². The minimum Gasteiger partial charge on any atom is -0.485 e. The first-order valence-corrected chi connectivity index (χ1v) is 10.9. The summed E-state index contributed by atoms with van der Waals surface area (Å²) < 4.78 is 12.2. The first-order chi connectivity index (χ1) is 13.8. The van der Waals surface area contributed by atoms with E-state index in [4.69, 9.17) is 9.47 Å². The van der Waals surface area contributed by atoms with Crippen molar-refractivity contribution in [1.82, 2.24) is 9.97 Å². The molecule has 2 aliphatic heterocycles. The lowest BCUT2D eigenvalue weighted by Crippen LogP contribution is -3.14. The van der Waals surface area contributed by atoms with Gasteiger partial charge in [-0.15, -0.1) is 11.3 Å². The third-order valence-electron chi connectivity index (χ3n) is 5.61. The van der Waals surface area contributed by atoms with Crippen LogP contribution in [0.4, 0.5) is 5.82 Å². The number of benzene rings is 1. The molecule has 28 heavy (non-hydrogen) atoms. The van der Waals surface area contributed by atoms with E-state index in [9.17, 15) is 0 Å². The Balaban J connectivity index is 1.45. The van der Waals surface area contributed by atoms with Crippen molar-refractivity contribution in [2.75, 3.05) is 44.2 Å². The molecular formula is C21H25N4O2S+. The van der Waals surface area contributed by atoms with E-state index in [0.717, 1.165) is 59.3 Å². The first-order valence-electron chi connectivity index (χ1n) is 10.0. The highest BCUT2D eigenvalue weighted by atomic mass is 32.1. The number of aromatic nitrogens is 2. The summed E-state index contributed by atoms with van der Waals surface area (Å²) >= 11 is 1.66. The van der Waals surface area contributed by atoms with E-state index in [1.54, 1.807) is 22.6 Å². The number of hydrogen-bond donors (Lipinski definition) is 1. The summed E-state index contributed by atoms with van der Waals surface area (Å²) in [7, 11) is 0. The van der Waals surface area contributed by atoms with Crippen molar-refractivity contribution >= 4 is 27.4 Å². The molecule has 1 aromatic carbocycles. The van der Waals surface area contributed by atoms with E-state index in [-0.39, 0.29) is 6.10 Å². The van der Waals surface area contributed by atoms with E-state index < -0.39 is 0 Å². The number of nitrogens with one attached hydrogen (secondary N) is 1. The van der Waals surface area contributed by atoms with Gasteiger partial charge in [0, 0.05) is 10.9 Å². The fourth-order valence-electron chi connectivity index (χ4n) is 4.17. The maximum atomic E-state index is 6.28. The molecule has 2 aromatic heterocycles. The van der Waals surface area contributed by atoms with Crippen LogP contribution in [0.2, 0.25) is 0 Å². The Bertz CT molecular complexity index is 968. The summed E-state index contributed by atoms with van der Waals surface area (Å²) in [4.78, 5) is 14.3. The number of anilines is 1. The van der Waals surface area contributed by atoms with E-state index in [1.807, 2.05) is 24.3 Å². The smallest absolute Gasteiger partial charge is 0.162 e. The number of hydrogen-bond acceptors (Lipinski definition) is 6. The van der Waals surface area contributed by atoms with Crippen molar-refractivity contribution in [2.45, 2.75) is 19.4 Å². The molecule has 0 spiro atoms. The zero-order valence-electron chi connectivity index (χ0n) is 16.1. The molecule has 3 aromatic rings. The second-order valence-electron chi connectivity index (χ2n) is 7.42. The SMILES string of the molecule is CCC[NH+]1CCN(c2ncnc3scc([C@@H]4COc5ccccc5O4)c23)CC1. The fraction of sp³-hybridized carbons (Fsp3) is 0.429. The lowest BCUT2D eigenvalue weighted by atomic mass is 10.1. The monoisotopic (exact) mass is 397 g/mol. The van der Waals surface area contributed by atoms with Crippen LogP contribution in [-0.2, 0) is 0 Å². The summed E-state index contributed by atoms with van der Waals surface area (Å²) in [5.74, 6) is 2.65. The van der Waals surface area contributed by atoms with Crippen LogP contribution in [0.5, 0.6) is 11.5 Å². The molecule has 1 atom stereocenters. The molecule has 5 rings (SSSR count). The Morgan fingerprint density at radius 1 is 1.18 bits per heavy atom. The van der Waals surface area contributed by atoms with Gasteiger partial charge in [0.2, 0.25) is 0 Å².